The zero-order chi connectivity index (χ0) is 20.1. The van der Waals surface area contributed by atoms with Crippen LogP contribution in [-0.2, 0) is 17.8 Å². The van der Waals surface area contributed by atoms with Crippen molar-refractivity contribution in [3.8, 4) is 0 Å². The maximum atomic E-state index is 13.2. The summed E-state index contributed by atoms with van der Waals surface area (Å²) in [6.07, 6.45) is 3.86. The summed E-state index contributed by atoms with van der Waals surface area (Å²) in [6.45, 7) is 4.23. The fourth-order valence-electron chi connectivity index (χ4n) is 3.44. The van der Waals surface area contributed by atoms with Gasteiger partial charge in [-0.2, -0.15) is 0 Å². The molecule has 1 fully saturated rings. The highest BCUT2D eigenvalue weighted by molar-refractivity contribution is 5.94. The van der Waals surface area contributed by atoms with Crippen molar-refractivity contribution in [3.63, 3.8) is 0 Å². The lowest BCUT2D eigenvalue weighted by molar-refractivity contribution is 0.0504. The molecule has 1 aliphatic rings. The number of nitrogens with zero attached hydrogens (tertiary/aromatic N) is 6. The summed E-state index contributed by atoms with van der Waals surface area (Å²) in [7, 11) is 0. The van der Waals surface area contributed by atoms with Crippen molar-refractivity contribution in [1.29, 1.82) is 0 Å². The van der Waals surface area contributed by atoms with Gasteiger partial charge in [0.2, 0.25) is 0 Å². The molecule has 2 aromatic heterocycles. The summed E-state index contributed by atoms with van der Waals surface area (Å²) in [5.41, 5.74) is 2.55. The maximum absolute atomic E-state index is 13.2. The van der Waals surface area contributed by atoms with Crippen LogP contribution >= 0.6 is 0 Å². The van der Waals surface area contributed by atoms with Crippen molar-refractivity contribution in [2.24, 2.45) is 0 Å². The van der Waals surface area contributed by atoms with Crippen molar-refractivity contribution in [2.75, 3.05) is 13.2 Å². The van der Waals surface area contributed by atoms with E-state index in [9.17, 15) is 4.79 Å². The summed E-state index contributed by atoms with van der Waals surface area (Å²) in [4.78, 5) is 19.4. The summed E-state index contributed by atoms with van der Waals surface area (Å²) in [5, 5.41) is 11.5. The number of hydrogen-bond donors (Lipinski definition) is 0. The second-order valence-corrected chi connectivity index (χ2v) is 7.22. The van der Waals surface area contributed by atoms with E-state index in [0.29, 0.717) is 25.2 Å². The molecule has 8 nitrogen and oxygen atoms in total. The van der Waals surface area contributed by atoms with Gasteiger partial charge in [0.1, 0.15) is 5.82 Å². The molecular formula is C21H24N6O2. The maximum Gasteiger partial charge on any atom is 0.254 e. The fourth-order valence-corrected chi connectivity index (χ4v) is 3.44. The van der Waals surface area contributed by atoms with Gasteiger partial charge in [0.15, 0.2) is 0 Å². The van der Waals surface area contributed by atoms with Crippen LogP contribution < -0.4 is 0 Å². The zero-order valence-corrected chi connectivity index (χ0v) is 16.4. The Labute approximate surface area is 169 Å². The first-order valence-corrected chi connectivity index (χ1v) is 9.81. The van der Waals surface area contributed by atoms with E-state index >= 15 is 0 Å². The molecule has 3 aromatic rings. The van der Waals surface area contributed by atoms with Crippen LogP contribution in [0.5, 0.6) is 0 Å². The molecule has 29 heavy (non-hydrogen) atoms. The van der Waals surface area contributed by atoms with E-state index in [1.807, 2.05) is 54.3 Å². The number of aryl methyl sites for hydroxylation is 1. The number of ether oxygens (including phenoxy) is 1. The molecule has 0 saturated carbocycles. The Balaban J connectivity index is 1.49. The third-order valence-corrected chi connectivity index (χ3v) is 5.06. The van der Waals surface area contributed by atoms with Crippen LogP contribution in [0.4, 0.5) is 0 Å². The van der Waals surface area contributed by atoms with E-state index < -0.39 is 0 Å². The third-order valence-electron chi connectivity index (χ3n) is 5.06. The molecule has 4 rings (SSSR count). The quantitative estimate of drug-likeness (QED) is 0.613. The van der Waals surface area contributed by atoms with Gasteiger partial charge in [-0.3, -0.25) is 9.78 Å². The predicted octanol–water partition coefficient (Wildman–Crippen LogP) is 2.25. The minimum atomic E-state index is -0.0173. The molecule has 1 saturated heterocycles. The third kappa shape index (κ3) is 4.83. The Bertz CT molecular complexity index is 935. The number of benzene rings is 1. The second-order valence-electron chi connectivity index (χ2n) is 7.22. The molecular weight excluding hydrogens is 368 g/mol. The van der Waals surface area contributed by atoms with Crippen molar-refractivity contribution in [2.45, 2.75) is 39.0 Å². The average Bonchev–Trinajstić information content (AvgIpc) is 3.40. The van der Waals surface area contributed by atoms with E-state index in [0.717, 1.165) is 36.5 Å². The minimum Gasteiger partial charge on any atom is -0.376 e. The lowest BCUT2D eigenvalue weighted by Crippen LogP contribution is -2.37. The Kier molecular flexibility index (Phi) is 5.90. The molecule has 1 unspecified atom stereocenters. The van der Waals surface area contributed by atoms with E-state index in [4.69, 9.17) is 4.74 Å². The van der Waals surface area contributed by atoms with Gasteiger partial charge < -0.3 is 9.64 Å². The summed E-state index contributed by atoms with van der Waals surface area (Å²) >= 11 is 0. The van der Waals surface area contributed by atoms with E-state index in [-0.39, 0.29) is 12.0 Å². The topological polar surface area (TPSA) is 86.0 Å². The highest BCUT2D eigenvalue weighted by Crippen LogP contribution is 2.17. The van der Waals surface area contributed by atoms with Gasteiger partial charge in [0, 0.05) is 24.9 Å². The Morgan fingerprint density at radius 2 is 2.10 bits per heavy atom. The molecule has 0 N–H and O–H groups in total. The first kappa shape index (κ1) is 19.2. The van der Waals surface area contributed by atoms with Crippen LogP contribution in [-0.4, -0.2) is 55.3 Å². The lowest BCUT2D eigenvalue weighted by atomic mass is 10.1. The number of aromatic nitrogens is 5. The number of carbonyl (C=O) groups is 1. The number of amides is 1. The standard InChI is InChI=1S/C21H24N6O2/c1-16-23-24-25-27(16)13-17-7-9-18(10-8-17)21(28)26(15-20-6-4-12-29-20)14-19-5-2-3-11-22-19/h2-3,5,7-11,20H,4,6,12-15H2,1H3. The molecule has 0 aliphatic carbocycles. The normalized spacial score (nSPS) is 16.1. The van der Waals surface area contributed by atoms with Crippen LogP contribution in [0.3, 0.4) is 0 Å². The van der Waals surface area contributed by atoms with Crippen LogP contribution in [0.15, 0.2) is 48.7 Å². The van der Waals surface area contributed by atoms with Crippen molar-refractivity contribution >= 4 is 5.91 Å². The molecule has 1 aliphatic heterocycles. The number of pyridine rings is 1. The van der Waals surface area contributed by atoms with Gasteiger partial charge in [-0.15, -0.1) is 5.10 Å². The van der Waals surface area contributed by atoms with Crippen LogP contribution in [0.1, 0.15) is 40.3 Å². The molecule has 8 heteroatoms. The van der Waals surface area contributed by atoms with Gasteiger partial charge >= 0.3 is 0 Å². The first-order chi connectivity index (χ1) is 14.2. The highest BCUT2D eigenvalue weighted by Gasteiger charge is 2.24. The Morgan fingerprint density at radius 3 is 2.76 bits per heavy atom. The number of rotatable bonds is 7. The lowest BCUT2D eigenvalue weighted by Gasteiger charge is -2.25. The van der Waals surface area contributed by atoms with Gasteiger partial charge in [-0.25, -0.2) is 4.68 Å². The molecule has 1 aromatic carbocycles. The Hall–Kier alpha value is -3.13. The molecule has 0 radical (unpaired) electrons. The second kappa shape index (κ2) is 8.91. The summed E-state index contributed by atoms with van der Waals surface area (Å²) in [6, 6.07) is 13.4. The first-order valence-electron chi connectivity index (χ1n) is 9.81. The van der Waals surface area contributed by atoms with E-state index in [1.165, 1.54) is 0 Å². The van der Waals surface area contributed by atoms with Crippen LogP contribution in [0, 0.1) is 6.92 Å². The largest absolute Gasteiger partial charge is 0.376 e. The minimum absolute atomic E-state index is 0.0173. The molecule has 0 bridgehead atoms. The monoisotopic (exact) mass is 392 g/mol. The molecule has 150 valence electrons. The van der Waals surface area contributed by atoms with E-state index in [1.54, 1.807) is 10.9 Å². The number of hydrogen-bond acceptors (Lipinski definition) is 6. The highest BCUT2D eigenvalue weighted by atomic mass is 16.5. The molecule has 3 heterocycles. The van der Waals surface area contributed by atoms with Crippen molar-refractivity contribution < 1.29 is 9.53 Å². The average molecular weight is 392 g/mol. The Morgan fingerprint density at radius 1 is 1.24 bits per heavy atom. The van der Waals surface area contributed by atoms with Gasteiger partial charge in [-0.1, -0.05) is 18.2 Å². The van der Waals surface area contributed by atoms with E-state index in [2.05, 4.69) is 20.5 Å². The number of carbonyl (C=O) groups excluding carboxylic acids is 1. The SMILES string of the molecule is Cc1nnnn1Cc1ccc(C(=O)N(Cc2ccccn2)CC2CCCO2)cc1. The van der Waals surface area contributed by atoms with Crippen molar-refractivity contribution in [1.82, 2.24) is 30.1 Å². The molecule has 1 amide bonds. The zero-order valence-electron chi connectivity index (χ0n) is 16.4. The van der Waals surface area contributed by atoms with Gasteiger partial charge in [0.05, 0.1) is 24.9 Å². The molecule has 1 atom stereocenters. The van der Waals surface area contributed by atoms with Crippen molar-refractivity contribution in [3.05, 3.63) is 71.3 Å². The summed E-state index contributed by atoms with van der Waals surface area (Å²) in [5.74, 6) is 0.736. The molecule has 0 spiro atoms. The number of tetrazole rings is 1. The smallest absolute Gasteiger partial charge is 0.254 e. The van der Waals surface area contributed by atoms with Crippen LogP contribution in [0.2, 0.25) is 0 Å². The van der Waals surface area contributed by atoms with Gasteiger partial charge in [-0.05, 0) is 60.0 Å². The van der Waals surface area contributed by atoms with Gasteiger partial charge in [0.25, 0.3) is 5.91 Å². The predicted molar refractivity (Wildman–Crippen MR) is 106 cm³/mol. The fraction of sp³-hybridized carbons (Fsp3) is 0.381. The van der Waals surface area contributed by atoms with Crippen LogP contribution in [0.25, 0.3) is 0 Å². The summed E-state index contributed by atoms with van der Waals surface area (Å²) < 4.78 is 7.48.